The van der Waals surface area contributed by atoms with Crippen LogP contribution in [0.4, 0.5) is 0 Å². The largest absolute Gasteiger partial charge is 0.0651 e. The van der Waals surface area contributed by atoms with Crippen molar-refractivity contribution in [3.8, 4) is 0 Å². The molecule has 0 aliphatic heterocycles. The minimum Gasteiger partial charge on any atom is -0.0651 e. The van der Waals surface area contributed by atoms with Gasteiger partial charge >= 0.3 is 0 Å². The lowest BCUT2D eigenvalue weighted by molar-refractivity contribution is 0.239. The van der Waals surface area contributed by atoms with Crippen molar-refractivity contribution < 1.29 is 0 Å². The fraction of sp³-hybridized carbons (Fsp3) is 1.00. The lowest BCUT2D eigenvalue weighted by Crippen LogP contribution is -2.15. The van der Waals surface area contributed by atoms with E-state index in [1.807, 2.05) is 0 Å². The molecule has 1 unspecified atom stereocenters. The van der Waals surface area contributed by atoms with Gasteiger partial charge in [-0.3, -0.25) is 0 Å². The van der Waals surface area contributed by atoms with Crippen LogP contribution in [0.25, 0.3) is 0 Å². The average molecular weight is 182 g/mol. The van der Waals surface area contributed by atoms with E-state index in [1.54, 1.807) is 0 Å². The van der Waals surface area contributed by atoms with Crippen LogP contribution in [0.15, 0.2) is 0 Å². The van der Waals surface area contributed by atoms with Gasteiger partial charge in [-0.2, -0.15) is 0 Å². The second-order valence-electron chi connectivity index (χ2n) is 5.28. The van der Waals surface area contributed by atoms with Gasteiger partial charge in [-0.05, 0) is 24.2 Å². The predicted octanol–water partition coefficient (Wildman–Crippen LogP) is 4.64. The van der Waals surface area contributed by atoms with E-state index < -0.39 is 0 Å². The Bertz CT molecular complexity index is 126. The molecule has 0 aromatic heterocycles. The maximum absolute atomic E-state index is 2.36. The van der Waals surface area contributed by atoms with Crippen LogP contribution in [0.1, 0.15) is 65.7 Å². The van der Waals surface area contributed by atoms with Crippen LogP contribution in [0, 0.1) is 17.8 Å². The molecule has 1 saturated carbocycles. The van der Waals surface area contributed by atoms with Crippen molar-refractivity contribution in [2.24, 2.45) is 17.8 Å². The minimum absolute atomic E-state index is 0.905. The van der Waals surface area contributed by atoms with E-state index in [0.29, 0.717) is 0 Å². The standard InChI is InChI=1S/C13H26/c1-4-12-6-5-7-13(10-12)9-8-11(2)3/h11-13H,4-10H2,1-3H3/t12-,13?/m1/s1. The first-order valence-corrected chi connectivity index (χ1v) is 6.22. The zero-order valence-electron chi connectivity index (χ0n) is 9.68. The molecule has 0 heteroatoms. The molecule has 0 nitrogen and oxygen atoms in total. The fourth-order valence-corrected chi connectivity index (χ4v) is 2.60. The van der Waals surface area contributed by atoms with Crippen LogP contribution < -0.4 is 0 Å². The van der Waals surface area contributed by atoms with Gasteiger partial charge in [-0.1, -0.05) is 59.3 Å². The summed E-state index contributed by atoms with van der Waals surface area (Å²) in [5.41, 5.74) is 0. The topological polar surface area (TPSA) is 0 Å². The second-order valence-corrected chi connectivity index (χ2v) is 5.28. The molecule has 0 heterocycles. The normalized spacial score (nSPS) is 29.5. The third kappa shape index (κ3) is 4.15. The summed E-state index contributed by atoms with van der Waals surface area (Å²) >= 11 is 0. The minimum atomic E-state index is 0.905. The quantitative estimate of drug-likeness (QED) is 0.594. The highest BCUT2D eigenvalue weighted by atomic mass is 14.3. The van der Waals surface area contributed by atoms with Crippen molar-refractivity contribution in [2.75, 3.05) is 0 Å². The molecular formula is C13H26. The Morgan fingerprint density at radius 1 is 1.15 bits per heavy atom. The molecule has 0 N–H and O–H groups in total. The maximum Gasteiger partial charge on any atom is -0.0412 e. The smallest absolute Gasteiger partial charge is 0.0412 e. The van der Waals surface area contributed by atoms with Gasteiger partial charge in [-0.25, -0.2) is 0 Å². The summed E-state index contributed by atoms with van der Waals surface area (Å²) in [6, 6.07) is 0. The summed E-state index contributed by atoms with van der Waals surface area (Å²) in [6.45, 7) is 7.05. The molecule has 78 valence electrons. The molecular weight excluding hydrogens is 156 g/mol. The summed E-state index contributed by atoms with van der Waals surface area (Å²) in [5.74, 6) is 3.04. The van der Waals surface area contributed by atoms with E-state index >= 15 is 0 Å². The van der Waals surface area contributed by atoms with E-state index in [0.717, 1.165) is 17.8 Å². The molecule has 1 aliphatic rings. The summed E-state index contributed by atoms with van der Waals surface area (Å²) in [5, 5.41) is 0. The Morgan fingerprint density at radius 3 is 2.46 bits per heavy atom. The van der Waals surface area contributed by atoms with Crippen molar-refractivity contribution in [3.05, 3.63) is 0 Å². The molecule has 0 amide bonds. The van der Waals surface area contributed by atoms with Gasteiger partial charge in [-0.15, -0.1) is 0 Å². The molecule has 0 saturated heterocycles. The molecule has 1 fully saturated rings. The summed E-state index contributed by atoms with van der Waals surface area (Å²) in [6.07, 6.45) is 10.4. The zero-order valence-corrected chi connectivity index (χ0v) is 9.68. The van der Waals surface area contributed by atoms with Crippen molar-refractivity contribution >= 4 is 0 Å². The van der Waals surface area contributed by atoms with Crippen LogP contribution in [0.2, 0.25) is 0 Å². The predicted molar refractivity (Wildman–Crippen MR) is 59.8 cm³/mol. The number of hydrogen-bond donors (Lipinski definition) is 0. The molecule has 13 heavy (non-hydrogen) atoms. The van der Waals surface area contributed by atoms with Crippen molar-refractivity contribution in [3.63, 3.8) is 0 Å². The third-order valence-corrected chi connectivity index (χ3v) is 3.62. The SMILES string of the molecule is CC[C@@H]1CCCC(CCC(C)C)C1. The van der Waals surface area contributed by atoms with Crippen LogP contribution in [0.5, 0.6) is 0 Å². The van der Waals surface area contributed by atoms with Gasteiger partial charge in [0.1, 0.15) is 0 Å². The molecule has 0 spiro atoms. The summed E-state index contributed by atoms with van der Waals surface area (Å²) in [7, 11) is 0. The highest BCUT2D eigenvalue weighted by Gasteiger charge is 2.20. The van der Waals surface area contributed by atoms with Gasteiger partial charge < -0.3 is 0 Å². The molecule has 0 bridgehead atoms. The molecule has 1 rings (SSSR count). The van der Waals surface area contributed by atoms with E-state index in [4.69, 9.17) is 0 Å². The Morgan fingerprint density at radius 2 is 1.85 bits per heavy atom. The van der Waals surface area contributed by atoms with Gasteiger partial charge in [0.25, 0.3) is 0 Å². The third-order valence-electron chi connectivity index (χ3n) is 3.62. The highest BCUT2D eigenvalue weighted by molar-refractivity contribution is 4.72. The van der Waals surface area contributed by atoms with Gasteiger partial charge in [0, 0.05) is 0 Å². The van der Waals surface area contributed by atoms with Crippen LogP contribution in [-0.4, -0.2) is 0 Å². The van der Waals surface area contributed by atoms with Crippen molar-refractivity contribution in [2.45, 2.75) is 65.7 Å². The van der Waals surface area contributed by atoms with Crippen LogP contribution in [-0.2, 0) is 0 Å². The Labute approximate surface area is 84.1 Å². The van der Waals surface area contributed by atoms with Gasteiger partial charge in [0.2, 0.25) is 0 Å². The van der Waals surface area contributed by atoms with E-state index in [9.17, 15) is 0 Å². The zero-order chi connectivity index (χ0) is 9.68. The summed E-state index contributed by atoms with van der Waals surface area (Å²) < 4.78 is 0. The molecule has 0 radical (unpaired) electrons. The Kier molecular flexibility index (Phi) is 4.83. The Hall–Kier alpha value is 0. The van der Waals surface area contributed by atoms with Gasteiger partial charge in [0.15, 0.2) is 0 Å². The second kappa shape index (κ2) is 5.67. The van der Waals surface area contributed by atoms with E-state index in [2.05, 4.69) is 20.8 Å². The number of hydrogen-bond acceptors (Lipinski definition) is 0. The first-order chi connectivity index (χ1) is 6.22. The monoisotopic (exact) mass is 182 g/mol. The lowest BCUT2D eigenvalue weighted by Gasteiger charge is -2.28. The Balaban J connectivity index is 2.18. The van der Waals surface area contributed by atoms with Crippen molar-refractivity contribution in [1.82, 2.24) is 0 Å². The highest BCUT2D eigenvalue weighted by Crippen LogP contribution is 2.34. The molecule has 1 aliphatic carbocycles. The van der Waals surface area contributed by atoms with Crippen LogP contribution >= 0.6 is 0 Å². The maximum atomic E-state index is 2.36. The first-order valence-electron chi connectivity index (χ1n) is 6.22. The molecule has 0 aromatic carbocycles. The van der Waals surface area contributed by atoms with Crippen molar-refractivity contribution in [1.29, 1.82) is 0 Å². The fourth-order valence-electron chi connectivity index (χ4n) is 2.60. The number of rotatable bonds is 4. The first kappa shape index (κ1) is 11.1. The average Bonchev–Trinajstić information content (AvgIpc) is 2.15. The van der Waals surface area contributed by atoms with Gasteiger partial charge in [0.05, 0.1) is 0 Å². The molecule has 2 atom stereocenters. The summed E-state index contributed by atoms with van der Waals surface area (Å²) in [4.78, 5) is 0. The van der Waals surface area contributed by atoms with E-state index in [-0.39, 0.29) is 0 Å². The molecule has 0 aromatic rings. The lowest BCUT2D eigenvalue weighted by atomic mass is 9.77. The van der Waals surface area contributed by atoms with Crippen LogP contribution in [0.3, 0.4) is 0 Å². The van der Waals surface area contributed by atoms with E-state index in [1.165, 1.54) is 44.9 Å².